The van der Waals surface area contributed by atoms with Crippen molar-refractivity contribution in [2.24, 2.45) is 0 Å². The van der Waals surface area contributed by atoms with Crippen molar-refractivity contribution in [3.63, 3.8) is 0 Å². The van der Waals surface area contributed by atoms with Crippen LogP contribution in [0, 0.1) is 5.82 Å². The Morgan fingerprint density at radius 1 is 0.931 bits per heavy atom. The average Bonchev–Trinajstić information content (AvgIpc) is 3.00. The maximum atomic E-state index is 14.2. The van der Waals surface area contributed by atoms with Gasteiger partial charge in [0.1, 0.15) is 17.3 Å². The summed E-state index contributed by atoms with van der Waals surface area (Å²) < 4.78 is 19.4. The largest absolute Gasteiger partial charge is 0.497 e. The molecule has 0 N–H and O–H groups in total. The van der Waals surface area contributed by atoms with Gasteiger partial charge < -0.3 is 9.64 Å². The number of halogens is 1. The number of carbonyl (C=O) groups is 2. The molecule has 0 bridgehead atoms. The predicted octanol–water partition coefficient (Wildman–Crippen LogP) is 3.60. The SMILES string of the molecule is COc1ccc(C2=C(N3CCCCC3)C(=O)N(Cc3ccccc3F)C2=O)cc1. The van der Waals surface area contributed by atoms with Gasteiger partial charge in [0.15, 0.2) is 0 Å². The third kappa shape index (κ3) is 3.62. The minimum absolute atomic E-state index is 0.0820. The lowest BCUT2D eigenvalue weighted by atomic mass is 10.0. The molecule has 1 fully saturated rings. The number of hydrogen-bond acceptors (Lipinski definition) is 4. The molecule has 0 aromatic heterocycles. The summed E-state index contributed by atoms with van der Waals surface area (Å²) in [7, 11) is 1.58. The number of imide groups is 1. The van der Waals surface area contributed by atoms with Crippen molar-refractivity contribution in [2.45, 2.75) is 25.8 Å². The predicted molar refractivity (Wildman–Crippen MR) is 107 cm³/mol. The van der Waals surface area contributed by atoms with E-state index >= 15 is 0 Å². The molecule has 0 radical (unpaired) electrons. The van der Waals surface area contributed by atoms with E-state index in [2.05, 4.69) is 0 Å². The highest BCUT2D eigenvalue weighted by molar-refractivity contribution is 6.35. The molecule has 2 aliphatic heterocycles. The fourth-order valence-corrected chi connectivity index (χ4v) is 3.93. The van der Waals surface area contributed by atoms with E-state index in [0.717, 1.165) is 37.3 Å². The van der Waals surface area contributed by atoms with Crippen LogP contribution >= 0.6 is 0 Å². The Kier molecular flexibility index (Phi) is 5.34. The molecule has 5 nitrogen and oxygen atoms in total. The van der Waals surface area contributed by atoms with Crippen LogP contribution in [0.15, 0.2) is 54.2 Å². The van der Waals surface area contributed by atoms with Gasteiger partial charge in [0.2, 0.25) is 0 Å². The van der Waals surface area contributed by atoms with E-state index in [4.69, 9.17) is 4.74 Å². The van der Waals surface area contributed by atoms with E-state index in [1.807, 2.05) is 4.90 Å². The number of carbonyl (C=O) groups excluding carboxylic acids is 2. The van der Waals surface area contributed by atoms with Gasteiger partial charge in [-0.15, -0.1) is 0 Å². The summed E-state index contributed by atoms with van der Waals surface area (Å²) >= 11 is 0. The van der Waals surface area contributed by atoms with Crippen LogP contribution in [0.4, 0.5) is 4.39 Å². The molecule has 150 valence electrons. The first-order valence-corrected chi connectivity index (χ1v) is 9.83. The maximum Gasteiger partial charge on any atom is 0.278 e. The van der Waals surface area contributed by atoms with Crippen molar-refractivity contribution in [2.75, 3.05) is 20.2 Å². The molecule has 0 unspecified atom stereocenters. The second kappa shape index (κ2) is 8.07. The lowest BCUT2D eigenvalue weighted by Crippen LogP contribution is -2.37. The molecule has 2 amide bonds. The Balaban J connectivity index is 1.73. The van der Waals surface area contributed by atoms with Gasteiger partial charge in [0.05, 0.1) is 19.2 Å². The molecule has 29 heavy (non-hydrogen) atoms. The van der Waals surface area contributed by atoms with Gasteiger partial charge in [-0.1, -0.05) is 30.3 Å². The number of piperidine rings is 1. The Morgan fingerprint density at radius 2 is 1.62 bits per heavy atom. The lowest BCUT2D eigenvalue weighted by molar-refractivity contribution is -0.138. The summed E-state index contributed by atoms with van der Waals surface area (Å²) in [6, 6.07) is 13.3. The smallest absolute Gasteiger partial charge is 0.278 e. The molecular formula is C23H23FN2O3. The normalized spacial score (nSPS) is 17.3. The van der Waals surface area contributed by atoms with Crippen molar-refractivity contribution >= 4 is 17.4 Å². The minimum Gasteiger partial charge on any atom is -0.497 e. The van der Waals surface area contributed by atoms with E-state index < -0.39 is 5.82 Å². The molecule has 6 heteroatoms. The van der Waals surface area contributed by atoms with E-state index in [1.165, 1.54) is 6.07 Å². The first kappa shape index (κ1) is 19.2. The summed E-state index contributed by atoms with van der Waals surface area (Å²) in [6.45, 7) is 1.39. The topological polar surface area (TPSA) is 49.9 Å². The van der Waals surface area contributed by atoms with Gasteiger partial charge in [-0.3, -0.25) is 14.5 Å². The third-order valence-electron chi connectivity index (χ3n) is 5.48. The molecule has 2 aromatic carbocycles. The van der Waals surface area contributed by atoms with Gasteiger partial charge >= 0.3 is 0 Å². The zero-order valence-corrected chi connectivity index (χ0v) is 16.4. The molecule has 2 aliphatic rings. The second-order valence-corrected chi connectivity index (χ2v) is 7.29. The fourth-order valence-electron chi connectivity index (χ4n) is 3.93. The molecule has 2 aromatic rings. The number of rotatable bonds is 5. The number of amides is 2. The fraction of sp³-hybridized carbons (Fsp3) is 0.304. The Labute approximate surface area is 169 Å². The highest BCUT2D eigenvalue weighted by Crippen LogP contribution is 2.34. The van der Waals surface area contributed by atoms with Crippen molar-refractivity contribution in [3.05, 3.63) is 71.2 Å². The van der Waals surface area contributed by atoms with Gasteiger partial charge in [-0.25, -0.2) is 4.39 Å². The lowest BCUT2D eigenvalue weighted by Gasteiger charge is -2.29. The van der Waals surface area contributed by atoms with Crippen molar-refractivity contribution in [1.29, 1.82) is 0 Å². The van der Waals surface area contributed by atoms with Crippen molar-refractivity contribution in [1.82, 2.24) is 9.80 Å². The van der Waals surface area contributed by atoms with Crippen LogP contribution < -0.4 is 4.74 Å². The van der Waals surface area contributed by atoms with Gasteiger partial charge in [-0.05, 0) is 43.0 Å². The highest BCUT2D eigenvalue weighted by Gasteiger charge is 2.41. The highest BCUT2D eigenvalue weighted by atomic mass is 19.1. The standard InChI is InChI=1S/C23H23FN2O3/c1-29-18-11-9-16(10-12-18)20-21(25-13-5-2-6-14-25)23(28)26(22(20)27)15-17-7-3-4-8-19(17)24/h3-4,7-12H,2,5-6,13-15H2,1H3. The van der Waals surface area contributed by atoms with Crippen LogP contribution in [-0.4, -0.2) is 41.8 Å². The number of ether oxygens (including phenoxy) is 1. The summed E-state index contributed by atoms with van der Waals surface area (Å²) in [5.74, 6) is -0.491. The Morgan fingerprint density at radius 3 is 2.28 bits per heavy atom. The van der Waals surface area contributed by atoms with Gasteiger partial charge in [0.25, 0.3) is 11.8 Å². The Bertz CT molecular complexity index is 962. The van der Waals surface area contributed by atoms with Crippen LogP contribution in [0.25, 0.3) is 5.57 Å². The number of hydrogen-bond donors (Lipinski definition) is 0. The van der Waals surface area contributed by atoms with Crippen LogP contribution in [0.5, 0.6) is 5.75 Å². The zero-order chi connectivity index (χ0) is 20.4. The first-order valence-electron chi connectivity index (χ1n) is 9.83. The zero-order valence-electron chi connectivity index (χ0n) is 16.4. The molecule has 0 spiro atoms. The van der Waals surface area contributed by atoms with Crippen LogP contribution in [0.2, 0.25) is 0 Å². The van der Waals surface area contributed by atoms with E-state index in [9.17, 15) is 14.0 Å². The van der Waals surface area contributed by atoms with E-state index in [-0.39, 0.29) is 18.4 Å². The van der Waals surface area contributed by atoms with Crippen LogP contribution in [0.3, 0.4) is 0 Å². The van der Waals surface area contributed by atoms with E-state index in [0.29, 0.717) is 28.1 Å². The number of methoxy groups -OCH3 is 1. The minimum atomic E-state index is -0.425. The van der Waals surface area contributed by atoms with Crippen molar-refractivity contribution in [3.8, 4) is 5.75 Å². The molecule has 4 rings (SSSR count). The molecule has 2 heterocycles. The molecule has 0 aliphatic carbocycles. The monoisotopic (exact) mass is 394 g/mol. The molecule has 0 atom stereocenters. The van der Waals surface area contributed by atoms with Gasteiger partial charge in [0, 0.05) is 18.7 Å². The van der Waals surface area contributed by atoms with Crippen molar-refractivity contribution < 1.29 is 18.7 Å². The Hall–Kier alpha value is -3.15. The second-order valence-electron chi connectivity index (χ2n) is 7.29. The number of nitrogens with zero attached hydrogens (tertiary/aromatic N) is 2. The molecular weight excluding hydrogens is 371 g/mol. The summed E-state index contributed by atoms with van der Waals surface area (Å²) in [6.07, 6.45) is 3.07. The van der Waals surface area contributed by atoms with Crippen LogP contribution in [0.1, 0.15) is 30.4 Å². The maximum absolute atomic E-state index is 14.2. The average molecular weight is 394 g/mol. The van der Waals surface area contributed by atoms with Gasteiger partial charge in [-0.2, -0.15) is 0 Å². The molecule has 1 saturated heterocycles. The number of likely N-dealkylation sites (tertiary alicyclic amines) is 1. The summed E-state index contributed by atoms with van der Waals surface area (Å²) in [5.41, 5.74) is 1.80. The quantitative estimate of drug-likeness (QED) is 0.727. The first-order chi connectivity index (χ1) is 14.1. The third-order valence-corrected chi connectivity index (χ3v) is 5.48. The van der Waals surface area contributed by atoms with E-state index in [1.54, 1.807) is 49.6 Å². The summed E-state index contributed by atoms with van der Waals surface area (Å²) in [4.78, 5) is 29.8. The number of benzene rings is 2. The van der Waals surface area contributed by atoms with Crippen LogP contribution in [-0.2, 0) is 16.1 Å². The molecule has 0 saturated carbocycles. The summed E-state index contributed by atoms with van der Waals surface area (Å²) in [5, 5.41) is 0.